The Morgan fingerprint density at radius 1 is 1.47 bits per heavy atom. The van der Waals surface area contributed by atoms with Gasteiger partial charge >= 0.3 is 0 Å². The monoisotopic (exact) mass is 236 g/mol. The number of benzene rings is 1. The number of hydrogen-bond donors (Lipinski definition) is 3. The zero-order valence-electron chi connectivity index (χ0n) is 10.4. The van der Waals surface area contributed by atoms with Crippen molar-refractivity contribution in [3.8, 4) is 0 Å². The Kier molecular flexibility index (Phi) is 4.78. The van der Waals surface area contributed by atoms with Gasteiger partial charge in [0, 0.05) is 25.0 Å². The molecule has 0 fully saturated rings. The molecule has 0 saturated carbocycles. The highest BCUT2D eigenvalue weighted by Crippen LogP contribution is 2.20. The molecule has 94 valence electrons. The Bertz CT molecular complexity index is 392. The van der Waals surface area contributed by atoms with Gasteiger partial charge in [0.2, 0.25) is 0 Å². The Morgan fingerprint density at radius 3 is 2.76 bits per heavy atom. The van der Waals surface area contributed by atoms with Crippen LogP contribution in [-0.4, -0.2) is 33.1 Å². The molecule has 0 aliphatic rings. The van der Waals surface area contributed by atoms with E-state index in [1.54, 1.807) is 12.1 Å². The smallest absolute Gasteiger partial charge is 0.250 e. The maximum Gasteiger partial charge on any atom is 0.250 e. The fraction of sp³-hybridized carbons (Fsp3) is 0.417. The van der Waals surface area contributed by atoms with Gasteiger partial charge in [-0.05, 0) is 38.2 Å². The van der Waals surface area contributed by atoms with Crippen LogP contribution in [0.3, 0.4) is 0 Å². The largest absolute Gasteiger partial charge is 0.398 e. The van der Waals surface area contributed by atoms with E-state index >= 15 is 0 Å². The van der Waals surface area contributed by atoms with E-state index in [1.165, 1.54) is 0 Å². The highest BCUT2D eigenvalue weighted by molar-refractivity contribution is 5.99. The summed E-state index contributed by atoms with van der Waals surface area (Å²) < 4.78 is 0. The molecule has 0 radical (unpaired) electrons. The maximum atomic E-state index is 11.2. The number of carbonyl (C=O) groups is 1. The molecule has 17 heavy (non-hydrogen) atoms. The summed E-state index contributed by atoms with van der Waals surface area (Å²) in [5.41, 5.74) is 12.7. The third-order valence-electron chi connectivity index (χ3n) is 2.66. The highest BCUT2D eigenvalue weighted by atomic mass is 16.1. The lowest BCUT2D eigenvalue weighted by Crippen LogP contribution is -2.23. The third-order valence-corrected chi connectivity index (χ3v) is 2.66. The molecule has 1 rings (SSSR count). The minimum atomic E-state index is -0.493. The number of nitrogens with one attached hydrogen (secondary N) is 1. The number of amides is 1. The van der Waals surface area contributed by atoms with Gasteiger partial charge in [-0.1, -0.05) is 0 Å². The molecule has 5 N–H and O–H groups in total. The Labute approximate surface area is 102 Å². The first kappa shape index (κ1) is 13.3. The van der Waals surface area contributed by atoms with Crippen LogP contribution in [0.15, 0.2) is 18.2 Å². The lowest BCUT2D eigenvalue weighted by Gasteiger charge is -2.20. The van der Waals surface area contributed by atoms with E-state index in [0.29, 0.717) is 11.3 Å². The predicted octanol–water partition coefficient (Wildman–Crippen LogP) is 0.413. The standard InChI is InChI=1S/C12H20N4O/c1-15-6-3-7-16(2)9-4-5-11(13)10(8-9)12(14)17/h4-5,8,15H,3,6-7,13H2,1-2H3,(H2,14,17). The van der Waals surface area contributed by atoms with Crippen LogP contribution in [0.25, 0.3) is 0 Å². The average Bonchev–Trinajstić information content (AvgIpc) is 2.29. The van der Waals surface area contributed by atoms with E-state index in [4.69, 9.17) is 11.5 Å². The molecule has 0 unspecified atom stereocenters. The summed E-state index contributed by atoms with van der Waals surface area (Å²) in [4.78, 5) is 13.2. The van der Waals surface area contributed by atoms with Crippen molar-refractivity contribution >= 4 is 17.3 Å². The first-order chi connectivity index (χ1) is 8.06. The molecule has 0 atom stereocenters. The predicted molar refractivity (Wildman–Crippen MR) is 71.2 cm³/mol. The lowest BCUT2D eigenvalue weighted by molar-refractivity contribution is 0.100. The van der Waals surface area contributed by atoms with Crippen LogP contribution in [0.4, 0.5) is 11.4 Å². The molecule has 0 aliphatic carbocycles. The minimum Gasteiger partial charge on any atom is -0.398 e. The topological polar surface area (TPSA) is 84.4 Å². The van der Waals surface area contributed by atoms with Gasteiger partial charge < -0.3 is 21.7 Å². The molecule has 5 heteroatoms. The zero-order chi connectivity index (χ0) is 12.8. The van der Waals surface area contributed by atoms with Crippen molar-refractivity contribution in [2.75, 3.05) is 37.8 Å². The zero-order valence-corrected chi connectivity index (χ0v) is 10.4. The quantitative estimate of drug-likeness (QED) is 0.493. The van der Waals surface area contributed by atoms with Crippen LogP contribution in [0.2, 0.25) is 0 Å². The van der Waals surface area contributed by atoms with Gasteiger partial charge in [-0.3, -0.25) is 4.79 Å². The summed E-state index contributed by atoms with van der Waals surface area (Å²) in [6, 6.07) is 5.34. The van der Waals surface area contributed by atoms with E-state index in [2.05, 4.69) is 10.2 Å². The molecule has 5 nitrogen and oxygen atoms in total. The third kappa shape index (κ3) is 3.64. The first-order valence-corrected chi connectivity index (χ1v) is 5.61. The fourth-order valence-electron chi connectivity index (χ4n) is 1.62. The number of nitrogens with two attached hydrogens (primary N) is 2. The number of primary amides is 1. The molecule has 0 aliphatic heterocycles. The second-order valence-electron chi connectivity index (χ2n) is 4.01. The van der Waals surface area contributed by atoms with Crippen molar-refractivity contribution < 1.29 is 4.79 Å². The first-order valence-electron chi connectivity index (χ1n) is 5.61. The summed E-state index contributed by atoms with van der Waals surface area (Å²) in [6.07, 6.45) is 1.03. The van der Waals surface area contributed by atoms with Crippen molar-refractivity contribution in [1.82, 2.24) is 5.32 Å². The van der Waals surface area contributed by atoms with Crippen LogP contribution in [0.5, 0.6) is 0 Å². The normalized spacial score (nSPS) is 10.2. The number of rotatable bonds is 6. The molecule has 0 saturated heterocycles. The van der Waals surface area contributed by atoms with E-state index in [9.17, 15) is 4.79 Å². The molecule has 1 amide bonds. The van der Waals surface area contributed by atoms with E-state index in [1.807, 2.05) is 20.2 Å². The molecule has 1 aromatic rings. The number of anilines is 2. The average molecular weight is 236 g/mol. The van der Waals surface area contributed by atoms with Crippen LogP contribution in [0, 0.1) is 0 Å². The molecule has 1 aromatic carbocycles. The molecule has 0 bridgehead atoms. The molecular weight excluding hydrogens is 216 g/mol. The Balaban J connectivity index is 2.77. The molecule has 0 heterocycles. The number of nitrogen functional groups attached to an aromatic ring is 1. The molecule has 0 spiro atoms. The van der Waals surface area contributed by atoms with E-state index in [-0.39, 0.29) is 0 Å². The van der Waals surface area contributed by atoms with E-state index < -0.39 is 5.91 Å². The minimum absolute atomic E-state index is 0.378. The lowest BCUT2D eigenvalue weighted by atomic mass is 10.1. The number of carbonyl (C=O) groups excluding carboxylic acids is 1. The van der Waals surface area contributed by atoms with Crippen molar-refractivity contribution in [3.63, 3.8) is 0 Å². The van der Waals surface area contributed by atoms with Gasteiger partial charge in [0.1, 0.15) is 0 Å². The van der Waals surface area contributed by atoms with Gasteiger partial charge in [-0.2, -0.15) is 0 Å². The summed E-state index contributed by atoms with van der Waals surface area (Å²) in [7, 11) is 3.90. The van der Waals surface area contributed by atoms with Crippen molar-refractivity contribution in [1.29, 1.82) is 0 Å². The second-order valence-corrected chi connectivity index (χ2v) is 4.01. The SMILES string of the molecule is CNCCCN(C)c1ccc(N)c(C(N)=O)c1. The highest BCUT2D eigenvalue weighted by Gasteiger charge is 2.08. The van der Waals surface area contributed by atoms with Gasteiger partial charge in [0.05, 0.1) is 5.56 Å². The second kappa shape index (κ2) is 6.10. The molecular formula is C12H20N4O. The van der Waals surface area contributed by atoms with Gasteiger partial charge in [0.15, 0.2) is 0 Å². The summed E-state index contributed by atoms with van der Waals surface area (Å²) in [5.74, 6) is -0.493. The van der Waals surface area contributed by atoms with Crippen molar-refractivity contribution in [2.45, 2.75) is 6.42 Å². The van der Waals surface area contributed by atoms with Crippen LogP contribution in [-0.2, 0) is 0 Å². The summed E-state index contributed by atoms with van der Waals surface area (Å²) >= 11 is 0. The Morgan fingerprint density at radius 2 is 2.18 bits per heavy atom. The van der Waals surface area contributed by atoms with Gasteiger partial charge in [-0.25, -0.2) is 0 Å². The molecule has 0 aromatic heterocycles. The summed E-state index contributed by atoms with van der Waals surface area (Å²) in [5, 5.41) is 3.09. The Hall–Kier alpha value is -1.75. The number of hydrogen-bond acceptors (Lipinski definition) is 4. The summed E-state index contributed by atoms with van der Waals surface area (Å²) in [6.45, 7) is 1.87. The fourth-order valence-corrected chi connectivity index (χ4v) is 1.62. The van der Waals surface area contributed by atoms with Gasteiger partial charge in [0.25, 0.3) is 5.91 Å². The van der Waals surface area contributed by atoms with Gasteiger partial charge in [-0.15, -0.1) is 0 Å². The number of nitrogens with zero attached hydrogens (tertiary/aromatic N) is 1. The van der Waals surface area contributed by atoms with Crippen LogP contribution >= 0.6 is 0 Å². The van der Waals surface area contributed by atoms with Crippen molar-refractivity contribution in [3.05, 3.63) is 23.8 Å². The van der Waals surface area contributed by atoms with E-state index in [0.717, 1.165) is 25.2 Å². The maximum absolute atomic E-state index is 11.2. The van der Waals surface area contributed by atoms with Crippen LogP contribution in [0.1, 0.15) is 16.8 Å². The van der Waals surface area contributed by atoms with Crippen molar-refractivity contribution in [2.24, 2.45) is 5.73 Å². The van der Waals surface area contributed by atoms with Crippen LogP contribution < -0.4 is 21.7 Å².